The van der Waals surface area contributed by atoms with E-state index in [-0.39, 0.29) is 29.0 Å². The molecule has 3 N–H and O–H groups in total. The Morgan fingerprint density at radius 2 is 1.47 bits per heavy atom. The molecule has 2 aromatic rings. The number of urea groups is 1. The summed E-state index contributed by atoms with van der Waals surface area (Å²) in [4.78, 5) is 24.4. The molecule has 0 heterocycles. The molecule has 0 atom stereocenters. The van der Waals surface area contributed by atoms with Crippen LogP contribution in [-0.4, -0.2) is 25.0 Å². The summed E-state index contributed by atoms with van der Waals surface area (Å²) in [5.74, 6) is 0.341. The summed E-state index contributed by atoms with van der Waals surface area (Å²) in [5.41, 5.74) is -0.388. The quantitative estimate of drug-likeness (QED) is 0.420. The van der Waals surface area contributed by atoms with Gasteiger partial charge < -0.3 is 16.0 Å². The zero-order valence-electron chi connectivity index (χ0n) is 18.4. The average Bonchev–Trinajstić information content (AvgIpc) is 2.82. The summed E-state index contributed by atoms with van der Waals surface area (Å²) in [6.07, 6.45) is -0.897. The maximum Gasteiger partial charge on any atom is 0.416 e. The lowest BCUT2D eigenvalue weighted by Crippen LogP contribution is -2.39. The van der Waals surface area contributed by atoms with Crippen LogP contribution in [0.5, 0.6) is 0 Å². The molecule has 1 aliphatic rings. The summed E-state index contributed by atoms with van der Waals surface area (Å²) in [6, 6.07) is 9.60. The molecule has 0 saturated heterocycles. The van der Waals surface area contributed by atoms with Crippen molar-refractivity contribution in [3.05, 3.63) is 69.2 Å². The molecular weight excluding hydrogens is 490 g/mol. The molecule has 1 fully saturated rings. The first-order chi connectivity index (χ1) is 16.1. The minimum absolute atomic E-state index is 0.0202. The highest BCUT2D eigenvalue weighted by Gasteiger charge is 2.32. The Hall–Kier alpha value is -2.45. The lowest BCUT2D eigenvalue weighted by molar-refractivity contribution is -0.138. The van der Waals surface area contributed by atoms with Crippen LogP contribution in [0.3, 0.4) is 0 Å². The Kier molecular flexibility index (Phi) is 9.08. The molecule has 1 aliphatic carbocycles. The Bertz CT molecular complexity index is 1010. The fraction of sp³-hybridized carbons (Fsp3) is 0.417. The Balaban J connectivity index is 1.36. The smallest absolute Gasteiger partial charge is 0.352 e. The molecular formula is C24H26Cl2F3N3O2. The molecule has 10 heteroatoms. The van der Waals surface area contributed by atoms with Crippen LogP contribution < -0.4 is 16.0 Å². The number of amides is 3. The van der Waals surface area contributed by atoms with Crippen LogP contribution in [0.25, 0.3) is 0 Å². The summed E-state index contributed by atoms with van der Waals surface area (Å²) in [7, 11) is 0. The number of carbonyl (C=O) groups is 2. The zero-order chi connectivity index (χ0) is 24.7. The number of hydrogen-bond acceptors (Lipinski definition) is 2. The molecule has 34 heavy (non-hydrogen) atoms. The molecule has 0 unspecified atom stereocenters. The molecule has 3 rings (SSSR count). The van der Waals surface area contributed by atoms with Crippen LogP contribution in [0.4, 0.5) is 18.0 Å². The molecule has 0 bridgehead atoms. The minimum atomic E-state index is -4.47. The van der Waals surface area contributed by atoms with Gasteiger partial charge >= 0.3 is 12.2 Å². The fourth-order valence-electron chi connectivity index (χ4n) is 4.08. The normalized spacial score (nSPS) is 18.3. The van der Waals surface area contributed by atoms with E-state index in [0.717, 1.165) is 31.7 Å². The third-order valence-electron chi connectivity index (χ3n) is 6.03. The molecule has 1 saturated carbocycles. The van der Waals surface area contributed by atoms with E-state index in [0.29, 0.717) is 29.6 Å². The van der Waals surface area contributed by atoms with Crippen LogP contribution in [0.15, 0.2) is 42.5 Å². The molecule has 3 amide bonds. The summed E-state index contributed by atoms with van der Waals surface area (Å²) >= 11 is 12.1. The van der Waals surface area contributed by atoms with Crippen LogP contribution in [0, 0.1) is 11.8 Å². The Labute approximate surface area is 206 Å². The highest BCUT2D eigenvalue weighted by molar-refractivity contribution is 6.43. The molecule has 5 nitrogen and oxygen atoms in total. The van der Waals surface area contributed by atoms with E-state index in [4.69, 9.17) is 23.2 Å². The van der Waals surface area contributed by atoms with Crippen molar-refractivity contribution in [2.45, 2.75) is 38.4 Å². The Morgan fingerprint density at radius 1 is 0.853 bits per heavy atom. The maximum atomic E-state index is 13.1. The van der Waals surface area contributed by atoms with Crippen molar-refractivity contribution in [3.8, 4) is 0 Å². The largest absolute Gasteiger partial charge is 0.416 e. The summed E-state index contributed by atoms with van der Waals surface area (Å²) in [5, 5.41) is 8.72. The number of nitrogens with one attached hydrogen (secondary N) is 3. The van der Waals surface area contributed by atoms with Crippen molar-refractivity contribution in [3.63, 3.8) is 0 Å². The Morgan fingerprint density at radius 3 is 2.12 bits per heavy atom. The third-order valence-corrected chi connectivity index (χ3v) is 6.85. The third kappa shape index (κ3) is 7.27. The summed E-state index contributed by atoms with van der Waals surface area (Å²) < 4.78 is 39.2. The van der Waals surface area contributed by atoms with Gasteiger partial charge in [0, 0.05) is 19.6 Å². The van der Waals surface area contributed by atoms with E-state index < -0.39 is 17.8 Å². The van der Waals surface area contributed by atoms with Gasteiger partial charge in [-0.3, -0.25) is 4.79 Å². The van der Waals surface area contributed by atoms with Crippen LogP contribution in [-0.2, 0) is 12.7 Å². The van der Waals surface area contributed by atoms with Crippen LogP contribution >= 0.6 is 23.2 Å². The number of hydrogen-bond donors (Lipinski definition) is 3. The van der Waals surface area contributed by atoms with Crippen molar-refractivity contribution in [2.24, 2.45) is 11.8 Å². The topological polar surface area (TPSA) is 70.2 Å². The lowest BCUT2D eigenvalue weighted by Gasteiger charge is -2.28. The highest BCUT2D eigenvalue weighted by atomic mass is 35.5. The first kappa shape index (κ1) is 26.2. The zero-order valence-corrected chi connectivity index (χ0v) is 19.9. The van der Waals surface area contributed by atoms with Crippen LogP contribution in [0.2, 0.25) is 10.0 Å². The van der Waals surface area contributed by atoms with Gasteiger partial charge in [0.15, 0.2) is 0 Å². The minimum Gasteiger partial charge on any atom is -0.352 e. The molecule has 2 aromatic carbocycles. The molecule has 0 radical (unpaired) electrons. The molecule has 184 valence electrons. The molecule has 0 aromatic heterocycles. The average molecular weight is 516 g/mol. The number of rotatable bonds is 7. The van der Waals surface area contributed by atoms with Crippen molar-refractivity contribution >= 4 is 35.1 Å². The van der Waals surface area contributed by atoms with Gasteiger partial charge in [0.1, 0.15) is 0 Å². The molecule has 0 aliphatic heterocycles. The monoisotopic (exact) mass is 515 g/mol. The van der Waals surface area contributed by atoms with Crippen molar-refractivity contribution in [1.82, 2.24) is 16.0 Å². The van der Waals surface area contributed by atoms with Gasteiger partial charge in [-0.2, -0.15) is 13.2 Å². The first-order valence-corrected chi connectivity index (χ1v) is 11.8. The SMILES string of the molecule is O=C(NCc1ccccc1C(F)(F)F)NCC1CCC(CNC(=O)c2cccc(Cl)c2Cl)CC1. The highest BCUT2D eigenvalue weighted by Crippen LogP contribution is 2.32. The summed E-state index contributed by atoms with van der Waals surface area (Å²) in [6.45, 7) is 0.773. The van der Waals surface area contributed by atoms with E-state index in [2.05, 4.69) is 16.0 Å². The predicted molar refractivity (Wildman–Crippen MR) is 126 cm³/mol. The van der Waals surface area contributed by atoms with Gasteiger partial charge in [-0.25, -0.2) is 4.79 Å². The van der Waals surface area contributed by atoms with Gasteiger partial charge in [-0.05, 0) is 61.3 Å². The second-order valence-corrected chi connectivity index (χ2v) is 9.20. The van der Waals surface area contributed by atoms with E-state index >= 15 is 0 Å². The predicted octanol–water partition coefficient (Wildman–Crippen LogP) is 6.05. The maximum absolute atomic E-state index is 13.1. The van der Waals surface area contributed by atoms with E-state index in [1.807, 2.05) is 0 Å². The van der Waals surface area contributed by atoms with E-state index in [1.165, 1.54) is 18.2 Å². The van der Waals surface area contributed by atoms with Crippen molar-refractivity contribution in [2.75, 3.05) is 13.1 Å². The second-order valence-electron chi connectivity index (χ2n) is 8.42. The number of alkyl halides is 3. The van der Waals surface area contributed by atoms with Gasteiger partial charge in [-0.15, -0.1) is 0 Å². The van der Waals surface area contributed by atoms with Crippen molar-refractivity contribution < 1.29 is 22.8 Å². The van der Waals surface area contributed by atoms with E-state index in [9.17, 15) is 22.8 Å². The number of halogens is 5. The van der Waals surface area contributed by atoms with E-state index in [1.54, 1.807) is 18.2 Å². The fourth-order valence-corrected chi connectivity index (χ4v) is 4.46. The second kappa shape index (κ2) is 11.8. The van der Waals surface area contributed by atoms with Crippen LogP contribution in [0.1, 0.15) is 47.2 Å². The van der Waals surface area contributed by atoms with Gasteiger partial charge in [-0.1, -0.05) is 47.5 Å². The van der Waals surface area contributed by atoms with Gasteiger partial charge in [0.25, 0.3) is 5.91 Å². The van der Waals surface area contributed by atoms with Gasteiger partial charge in [0.05, 0.1) is 21.2 Å². The standard InChI is InChI=1S/C24H26Cl2F3N3O2/c25-20-7-3-5-18(21(20)26)22(33)30-12-15-8-10-16(11-9-15)13-31-23(34)32-14-17-4-1-2-6-19(17)24(27,28)29/h1-7,15-16H,8-14H2,(H,30,33)(H2,31,32,34). The first-order valence-electron chi connectivity index (χ1n) is 11.0. The lowest BCUT2D eigenvalue weighted by atomic mass is 9.82. The molecule has 0 spiro atoms. The number of carbonyl (C=O) groups excluding carboxylic acids is 2. The van der Waals surface area contributed by atoms with Crippen molar-refractivity contribution in [1.29, 1.82) is 0 Å². The number of benzene rings is 2. The van der Waals surface area contributed by atoms with Gasteiger partial charge in [0.2, 0.25) is 0 Å².